The van der Waals surface area contributed by atoms with Crippen LogP contribution in [0.4, 0.5) is 0 Å². The summed E-state index contributed by atoms with van der Waals surface area (Å²) in [5.41, 5.74) is 0.873. The highest BCUT2D eigenvalue weighted by Gasteiger charge is 2.55. The van der Waals surface area contributed by atoms with Crippen molar-refractivity contribution in [2.24, 2.45) is 0 Å². The van der Waals surface area contributed by atoms with Crippen LogP contribution in [0, 0.1) is 0 Å². The van der Waals surface area contributed by atoms with Crippen LogP contribution in [0.3, 0.4) is 0 Å². The average molecular weight is 845 g/mol. The topological polar surface area (TPSA) is 200 Å². The van der Waals surface area contributed by atoms with Crippen LogP contribution < -0.4 is 0 Å². The van der Waals surface area contributed by atoms with Crippen molar-refractivity contribution in [2.45, 2.75) is 186 Å². The molecule has 4 rings (SSSR count). The van der Waals surface area contributed by atoms with Crippen LogP contribution in [-0.2, 0) is 61.9 Å². The predicted octanol–water partition coefficient (Wildman–Crippen LogP) is 5.60. The van der Waals surface area contributed by atoms with E-state index in [9.17, 15) is 34.2 Å². The van der Waals surface area contributed by atoms with E-state index in [0.29, 0.717) is 24.8 Å². The predicted molar refractivity (Wildman–Crippen MR) is 217 cm³/mol. The summed E-state index contributed by atoms with van der Waals surface area (Å²) in [5, 5.41) is 23.8. The van der Waals surface area contributed by atoms with Gasteiger partial charge in [-0.25, -0.2) is 9.59 Å². The molecule has 3 saturated heterocycles. The fraction of sp³-hybridized carbons (Fsp3) is 0.667. The summed E-state index contributed by atoms with van der Waals surface area (Å²) in [5.74, 6) is -3.02. The molecule has 0 aliphatic carbocycles. The second-order valence-electron chi connectivity index (χ2n) is 15.7. The molecule has 60 heavy (non-hydrogen) atoms. The molecule has 3 aliphatic rings. The highest BCUT2D eigenvalue weighted by Crippen LogP contribution is 2.34. The minimum atomic E-state index is -1.87. The molecule has 0 radical (unpaired) electrons. The maximum atomic E-state index is 13.4. The van der Waals surface area contributed by atoms with Gasteiger partial charge in [-0.3, -0.25) is 14.4 Å². The van der Waals surface area contributed by atoms with Crippen molar-refractivity contribution < 1.29 is 72.1 Å². The van der Waals surface area contributed by atoms with E-state index in [2.05, 4.69) is 6.92 Å². The largest absolute Gasteiger partial charge is 0.463 e. The van der Waals surface area contributed by atoms with Gasteiger partial charge in [-0.05, 0) is 58.1 Å². The Balaban J connectivity index is 1.74. The second-order valence-corrected chi connectivity index (χ2v) is 15.7. The third kappa shape index (κ3) is 15.2. The molecule has 0 amide bonds. The molecule has 0 aromatic heterocycles. The van der Waals surface area contributed by atoms with Gasteiger partial charge in [-0.1, -0.05) is 81.9 Å². The smallest absolute Gasteiger partial charge is 0.333 e. The first kappa shape index (κ1) is 48.7. The maximum Gasteiger partial charge on any atom is 0.333 e. The summed E-state index contributed by atoms with van der Waals surface area (Å²) < 4.78 is 48.2. The van der Waals surface area contributed by atoms with Gasteiger partial charge in [0.1, 0.15) is 36.8 Å². The lowest BCUT2D eigenvalue weighted by Crippen LogP contribution is -2.65. The highest BCUT2D eigenvalue weighted by molar-refractivity contribution is 5.88. The first-order valence-corrected chi connectivity index (χ1v) is 21.4. The zero-order chi connectivity index (χ0) is 43.6. The lowest BCUT2D eigenvalue weighted by molar-refractivity contribution is -0.369. The number of rotatable bonds is 10. The summed E-state index contributed by atoms with van der Waals surface area (Å²) in [6.45, 7) is 7.50. The molecule has 3 fully saturated rings. The number of allylic oxidation sites excluding steroid dienone is 1. The van der Waals surface area contributed by atoms with Crippen LogP contribution in [0.1, 0.15) is 124 Å². The summed E-state index contributed by atoms with van der Waals surface area (Å²) in [7, 11) is 0. The molecule has 1 aromatic rings. The molecule has 1 aromatic carbocycles. The van der Waals surface area contributed by atoms with E-state index in [0.717, 1.165) is 51.0 Å². The number of benzene rings is 1. The molecule has 2 N–H and O–H groups in total. The first-order valence-electron chi connectivity index (χ1n) is 21.4. The lowest BCUT2D eigenvalue weighted by atomic mass is 9.96. The van der Waals surface area contributed by atoms with E-state index in [1.807, 2.05) is 6.07 Å². The number of aliphatic hydroxyl groups is 2. The Morgan fingerprint density at radius 1 is 0.800 bits per heavy atom. The fourth-order valence-electron chi connectivity index (χ4n) is 7.35. The minimum Gasteiger partial charge on any atom is -0.463 e. The van der Waals surface area contributed by atoms with E-state index < -0.39 is 91.9 Å². The van der Waals surface area contributed by atoms with E-state index >= 15 is 0 Å². The van der Waals surface area contributed by atoms with Crippen LogP contribution in [0.25, 0.3) is 6.08 Å². The number of ether oxygens (including phenoxy) is 8. The van der Waals surface area contributed by atoms with Gasteiger partial charge in [0.2, 0.25) is 0 Å². The zero-order valence-electron chi connectivity index (χ0n) is 35.6. The number of hydrogen-bond donors (Lipinski definition) is 2. The number of carbonyl (C=O) groups excluding carboxylic acids is 5. The quantitative estimate of drug-likeness (QED) is 0.128. The SMILES string of the molecule is CC=C(C)C(=O)OC1C(O)C2OC(COC(=O)CCCC(=O)CCCCCCC(CCCCC)OC3OC(C)C(OC(C)=O)C(O)C3O2)C1OC(=O)C=Cc1ccccc1. The van der Waals surface area contributed by atoms with Crippen molar-refractivity contribution >= 4 is 35.7 Å². The lowest BCUT2D eigenvalue weighted by Gasteiger charge is -2.47. The van der Waals surface area contributed by atoms with Crippen LogP contribution in [0.15, 0.2) is 48.1 Å². The second kappa shape index (κ2) is 25.1. The highest BCUT2D eigenvalue weighted by atomic mass is 16.8. The summed E-state index contributed by atoms with van der Waals surface area (Å²) in [4.78, 5) is 64.5. The normalized spacial score (nSPS) is 31.9. The number of Topliss-reactive ketones (excluding diaryl/α,β-unsaturated/α-hetero) is 1. The van der Waals surface area contributed by atoms with Crippen molar-refractivity contribution in [2.75, 3.05) is 6.61 Å². The molecule has 0 saturated carbocycles. The molecule has 0 spiro atoms. The van der Waals surface area contributed by atoms with Crippen molar-refractivity contribution in [3.8, 4) is 0 Å². The van der Waals surface area contributed by atoms with Crippen LogP contribution in [0.2, 0.25) is 0 Å². The Bertz CT molecular complexity index is 1590. The van der Waals surface area contributed by atoms with Crippen LogP contribution in [0.5, 0.6) is 0 Å². The van der Waals surface area contributed by atoms with Gasteiger partial charge < -0.3 is 48.1 Å². The molecule has 2 bridgehead atoms. The standard InChI is InChI=1S/C45H64O15/c1-6-8-12-22-33-23-16-10-9-15-20-32(47)21-17-24-35(48)53-27-34-40(58-36(49)26-25-31-18-13-11-14-19-31)41(59-43(52)28(3)7-2)38(51)44(57-34)60-42-37(50)39(55-30(5)46)29(4)54-45(42)56-33/h7,11,13-14,18-19,25-26,29,33-34,37-42,44-45,50-51H,6,8-10,12,15-17,20-24,27H2,1-5H3. The van der Waals surface area contributed by atoms with Gasteiger partial charge in [0, 0.05) is 37.8 Å². The Labute approximate surface area is 353 Å². The van der Waals surface area contributed by atoms with Crippen molar-refractivity contribution in [1.82, 2.24) is 0 Å². The van der Waals surface area contributed by atoms with Gasteiger partial charge in [-0.2, -0.15) is 0 Å². The number of cyclic esters (lactones) is 1. The molecule has 334 valence electrons. The molecule has 15 heteroatoms. The van der Waals surface area contributed by atoms with Crippen LogP contribution in [-0.4, -0.2) is 114 Å². The summed E-state index contributed by atoms with van der Waals surface area (Å²) in [6, 6.07) is 8.94. The average Bonchev–Trinajstić information content (AvgIpc) is 3.22. The number of carbonyl (C=O) groups is 5. The number of hydrogen-bond acceptors (Lipinski definition) is 15. The number of esters is 4. The van der Waals surface area contributed by atoms with Gasteiger partial charge in [0.15, 0.2) is 30.9 Å². The Morgan fingerprint density at radius 3 is 2.25 bits per heavy atom. The fourth-order valence-corrected chi connectivity index (χ4v) is 7.35. The van der Waals surface area contributed by atoms with E-state index in [1.165, 1.54) is 26.0 Å². The Kier molecular flexibility index (Phi) is 20.3. The molecule has 15 nitrogen and oxygen atoms in total. The van der Waals surface area contributed by atoms with Crippen molar-refractivity contribution in [3.05, 3.63) is 53.6 Å². The molecule has 3 aliphatic heterocycles. The van der Waals surface area contributed by atoms with Crippen molar-refractivity contribution in [3.63, 3.8) is 0 Å². The first-order chi connectivity index (χ1) is 28.8. The molecular formula is C45H64O15. The third-order valence-corrected chi connectivity index (χ3v) is 10.9. The van der Waals surface area contributed by atoms with E-state index in [-0.39, 0.29) is 36.7 Å². The maximum absolute atomic E-state index is 13.4. The number of aliphatic hydroxyl groups excluding tert-OH is 2. The Hall–Kier alpha value is -3.99. The number of ketones is 1. The number of fused-ring (bicyclic) bond motifs is 3. The number of unbranched alkanes of at least 4 members (excludes halogenated alkanes) is 2. The third-order valence-electron chi connectivity index (χ3n) is 10.9. The zero-order valence-corrected chi connectivity index (χ0v) is 35.6. The minimum absolute atomic E-state index is 0.0518. The Morgan fingerprint density at radius 2 is 1.53 bits per heavy atom. The van der Waals surface area contributed by atoms with Gasteiger partial charge >= 0.3 is 23.9 Å². The van der Waals surface area contributed by atoms with Crippen molar-refractivity contribution in [1.29, 1.82) is 0 Å². The van der Waals surface area contributed by atoms with Gasteiger partial charge in [0.25, 0.3) is 0 Å². The molecule has 11 unspecified atom stereocenters. The van der Waals surface area contributed by atoms with E-state index in [1.54, 1.807) is 38.1 Å². The molecule has 11 atom stereocenters. The summed E-state index contributed by atoms with van der Waals surface area (Å²) in [6.07, 6.45) is -2.52. The van der Waals surface area contributed by atoms with E-state index in [4.69, 9.17) is 37.9 Å². The van der Waals surface area contributed by atoms with Gasteiger partial charge in [-0.15, -0.1) is 0 Å². The molecular weight excluding hydrogens is 780 g/mol. The molecule has 3 heterocycles. The van der Waals surface area contributed by atoms with Crippen LogP contribution >= 0.6 is 0 Å². The monoisotopic (exact) mass is 844 g/mol. The summed E-state index contributed by atoms with van der Waals surface area (Å²) >= 11 is 0. The van der Waals surface area contributed by atoms with Gasteiger partial charge in [0.05, 0.1) is 12.2 Å².